The summed E-state index contributed by atoms with van der Waals surface area (Å²) in [5, 5.41) is 1.41. The molecular weight excluding hydrogens is 394 g/mol. The highest BCUT2D eigenvalue weighted by molar-refractivity contribution is 7.99. The van der Waals surface area contributed by atoms with Gasteiger partial charge in [-0.3, -0.25) is 14.2 Å². The van der Waals surface area contributed by atoms with Crippen LogP contribution in [-0.4, -0.2) is 38.8 Å². The molecule has 28 heavy (non-hydrogen) atoms. The van der Waals surface area contributed by atoms with Crippen LogP contribution in [0.2, 0.25) is 0 Å². The SMILES string of the molecule is O=C(CSc1nc2sc3c(c2c(=O)n1C[C@@H]1CCCO1)CCC3)c1ccc[nH]1. The van der Waals surface area contributed by atoms with Gasteiger partial charge in [0.25, 0.3) is 5.56 Å². The third-order valence-corrected chi connectivity index (χ3v) is 7.59. The van der Waals surface area contributed by atoms with Gasteiger partial charge in [0.05, 0.1) is 29.5 Å². The van der Waals surface area contributed by atoms with Crippen LogP contribution in [-0.2, 0) is 24.1 Å². The van der Waals surface area contributed by atoms with Crippen LogP contribution in [0, 0.1) is 0 Å². The summed E-state index contributed by atoms with van der Waals surface area (Å²) in [7, 11) is 0. The van der Waals surface area contributed by atoms with E-state index < -0.39 is 0 Å². The van der Waals surface area contributed by atoms with Crippen LogP contribution in [0.5, 0.6) is 0 Å². The van der Waals surface area contributed by atoms with Crippen molar-refractivity contribution in [1.82, 2.24) is 14.5 Å². The van der Waals surface area contributed by atoms with Crippen LogP contribution in [0.15, 0.2) is 28.3 Å². The molecular formula is C20H21N3O3S2. The van der Waals surface area contributed by atoms with Crippen molar-refractivity contribution in [2.45, 2.75) is 49.9 Å². The van der Waals surface area contributed by atoms with Crippen LogP contribution < -0.4 is 5.56 Å². The summed E-state index contributed by atoms with van der Waals surface area (Å²) < 4.78 is 7.52. The van der Waals surface area contributed by atoms with E-state index in [-0.39, 0.29) is 23.2 Å². The molecule has 0 unspecified atom stereocenters. The van der Waals surface area contributed by atoms with Gasteiger partial charge in [-0.1, -0.05) is 11.8 Å². The number of hydrogen-bond acceptors (Lipinski definition) is 6. The average Bonchev–Trinajstić information content (AvgIpc) is 3.46. The molecule has 0 aromatic carbocycles. The Hall–Kier alpha value is -1.90. The van der Waals surface area contributed by atoms with Gasteiger partial charge in [-0.05, 0) is 49.8 Å². The molecule has 2 aliphatic rings. The standard InChI is InChI=1S/C20H21N3O3S2/c24-15(14-6-2-8-21-14)11-27-20-22-18-17(13-5-1-7-16(13)28-18)19(25)23(20)10-12-4-3-9-26-12/h2,6,8,12,21H,1,3-5,7,9-11H2/t12-/m0/s1. The van der Waals surface area contributed by atoms with E-state index in [4.69, 9.17) is 9.72 Å². The van der Waals surface area contributed by atoms with Gasteiger partial charge in [0.2, 0.25) is 0 Å². The highest BCUT2D eigenvalue weighted by Gasteiger charge is 2.25. The predicted molar refractivity (Wildman–Crippen MR) is 111 cm³/mol. The zero-order valence-electron chi connectivity index (χ0n) is 15.4. The molecule has 0 amide bonds. The van der Waals surface area contributed by atoms with Crippen LogP contribution in [0.4, 0.5) is 0 Å². The Kier molecular flexibility index (Phi) is 4.86. The van der Waals surface area contributed by atoms with E-state index in [0.717, 1.165) is 48.9 Å². The Morgan fingerprint density at radius 3 is 3.11 bits per heavy atom. The minimum Gasteiger partial charge on any atom is -0.376 e. The third-order valence-electron chi connectivity index (χ3n) is 5.43. The summed E-state index contributed by atoms with van der Waals surface area (Å²) in [6.45, 7) is 1.25. The fraction of sp³-hybridized carbons (Fsp3) is 0.450. The van der Waals surface area contributed by atoms with Gasteiger partial charge in [0, 0.05) is 17.7 Å². The van der Waals surface area contributed by atoms with Crippen molar-refractivity contribution in [3.05, 3.63) is 44.8 Å². The van der Waals surface area contributed by atoms with E-state index in [1.165, 1.54) is 22.2 Å². The Balaban J connectivity index is 1.52. The van der Waals surface area contributed by atoms with Crippen LogP contribution in [0.3, 0.4) is 0 Å². The lowest BCUT2D eigenvalue weighted by atomic mass is 10.2. The minimum atomic E-state index is 0.00156. The number of thioether (sulfide) groups is 1. The molecule has 1 aliphatic heterocycles. The van der Waals surface area contributed by atoms with Gasteiger partial charge in [-0.15, -0.1) is 11.3 Å². The van der Waals surface area contributed by atoms with E-state index >= 15 is 0 Å². The summed E-state index contributed by atoms with van der Waals surface area (Å²) in [5.74, 6) is 0.247. The van der Waals surface area contributed by atoms with Crippen molar-refractivity contribution < 1.29 is 9.53 Å². The lowest BCUT2D eigenvalue weighted by Gasteiger charge is -2.15. The highest BCUT2D eigenvalue weighted by atomic mass is 32.2. The molecule has 0 saturated carbocycles. The van der Waals surface area contributed by atoms with Gasteiger partial charge in [-0.25, -0.2) is 4.98 Å². The first-order valence-electron chi connectivity index (χ1n) is 9.67. The zero-order valence-corrected chi connectivity index (χ0v) is 17.0. The first-order chi connectivity index (χ1) is 13.7. The molecule has 0 spiro atoms. The summed E-state index contributed by atoms with van der Waals surface area (Å²) in [4.78, 5) is 35.7. The molecule has 0 radical (unpaired) electrons. The van der Waals surface area contributed by atoms with Gasteiger partial charge >= 0.3 is 0 Å². The quantitative estimate of drug-likeness (QED) is 0.379. The first kappa shape index (κ1) is 18.1. The number of carbonyl (C=O) groups excluding carboxylic acids is 1. The predicted octanol–water partition coefficient (Wildman–Crippen LogP) is 3.43. The van der Waals surface area contributed by atoms with E-state index in [9.17, 15) is 9.59 Å². The number of thiophene rings is 1. The number of fused-ring (bicyclic) bond motifs is 3. The topological polar surface area (TPSA) is 77.0 Å². The number of ketones is 1. The molecule has 4 heterocycles. The van der Waals surface area contributed by atoms with Crippen LogP contribution in [0.1, 0.15) is 40.2 Å². The van der Waals surface area contributed by atoms with Crippen molar-refractivity contribution in [1.29, 1.82) is 0 Å². The minimum absolute atomic E-state index is 0.00156. The van der Waals surface area contributed by atoms with Gasteiger partial charge in [0.15, 0.2) is 10.9 Å². The molecule has 3 aromatic rings. The van der Waals surface area contributed by atoms with E-state index in [0.29, 0.717) is 17.4 Å². The van der Waals surface area contributed by atoms with E-state index in [2.05, 4.69) is 4.98 Å². The van der Waals surface area contributed by atoms with Crippen molar-refractivity contribution in [3.8, 4) is 0 Å². The fourth-order valence-electron chi connectivity index (χ4n) is 4.03. The van der Waals surface area contributed by atoms with Gasteiger partial charge < -0.3 is 9.72 Å². The number of Topliss-reactive ketones (excluding diaryl/α,β-unsaturated/α-hetero) is 1. The first-order valence-corrected chi connectivity index (χ1v) is 11.5. The van der Waals surface area contributed by atoms with Crippen LogP contribution in [0.25, 0.3) is 10.2 Å². The molecule has 6 nitrogen and oxygen atoms in total. The summed E-state index contributed by atoms with van der Waals surface area (Å²) >= 11 is 2.98. The van der Waals surface area contributed by atoms with Crippen molar-refractivity contribution in [2.24, 2.45) is 0 Å². The smallest absolute Gasteiger partial charge is 0.263 e. The molecule has 5 rings (SSSR count). The van der Waals surface area contributed by atoms with Crippen LogP contribution >= 0.6 is 23.1 Å². The normalized spacial score (nSPS) is 18.8. The number of aryl methyl sites for hydroxylation is 2. The Morgan fingerprint density at radius 1 is 1.39 bits per heavy atom. The molecule has 3 aromatic heterocycles. The lowest BCUT2D eigenvalue weighted by molar-refractivity contribution is 0.0937. The number of H-pyrrole nitrogens is 1. The van der Waals surface area contributed by atoms with E-state index in [1.807, 2.05) is 6.07 Å². The highest BCUT2D eigenvalue weighted by Crippen LogP contribution is 2.35. The van der Waals surface area contributed by atoms with Gasteiger partial charge in [-0.2, -0.15) is 0 Å². The molecule has 1 aliphatic carbocycles. The Labute approximate surface area is 170 Å². The number of carbonyl (C=O) groups is 1. The molecule has 1 saturated heterocycles. The Morgan fingerprint density at radius 2 is 2.32 bits per heavy atom. The number of nitrogens with zero attached hydrogens (tertiary/aromatic N) is 2. The second-order valence-electron chi connectivity index (χ2n) is 7.28. The molecule has 0 bridgehead atoms. The third kappa shape index (κ3) is 3.23. The largest absolute Gasteiger partial charge is 0.376 e. The molecule has 1 fully saturated rings. The maximum Gasteiger partial charge on any atom is 0.263 e. The lowest BCUT2D eigenvalue weighted by Crippen LogP contribution is -2.29. The molecule has 8 heteroatoms. The van der Waals surface area contributed by atoms with E-state index in [1.54, 1.807) is 28.2 Å². The molecule has 1 atom stereocenters. The summed E-state index contributed by atoms with van der Waals surface area (Å²) in [6, 6.07) is 3.57. The van der Waals surface area contributed by atoms with Crippen molar-refractivity contribution in [3.63, 3.8) is 0 Å². The number of hydrogen-bond donors (Lipinski definition) is 1. The maximum absolute atomic E-state index is 13.4. The summed E-state index contributed by atoms with van der Waals surface area (Å²) in [6.07, 6.45) is 6.88. The van der Waals surface area contributed by atoms with Gasteiger partial charge in [0.1, 0.15) is 4.83 Å². The van der Waals surface area contributed by atoms with Crippen molar-refractivity contribution in [2.75, 3.05) is 12.4 Å². The second kappa shape index (κ2) is 7.50. The number of nitrogens with one attached hydrogen (secondary N) is 1. The second-order valence-corrected chi connectivity index (χ2v) is 9.30. The fourth-order valence-corrected chi connectivity index (χ4v) is 6.23. The maximum atomic E-state index is 13.4. The number of rotatable bonds is 6. The zero-order chi connectivity index (χ0) is 19.1. The molecule has 146 valence electrons. The monoisotopic (exact) mass is 415 g/mol. The number of ether oxygens (including phenoxy) is 1. The van der Waals surface area contributed by atoms with Crippen molar-refractivity contribution >= 4 is 39.1 Å². The molecule has 1 N–H and O–H groups in total. The Bertz CT molecular complexity index is 1080. The average molecular weight is 416 g/mol. The number of aromatic amines is 1. The number of aromatic nitrogens is 3. The summed E-state index contributed by atoms with van der Waals surface area (Å²) in [5.41, 5.74) is 1.80.